The predicted molar refractivity (Wildman–Crippen MR) is 72.5 cm³/mol. The van der Waals surface area contributed by atoms with Crippen molar-refractivity contribution in [2.45, 2.75) is 19.8 Å². The first kappa shape index (κ1) is 13.5. The summed E-state index contributed by atoms with van der Waals surface area (Å²) in [4.78, 5) is 11.9. The monoisotopic (exact) mass is 347 g/mol. The van der Waals surface area contributed by atoms with Crippen LogP contribution in [0.5, 0.6) is 0 Å². The Morgan fingerprint density at radius 2 is 2.31 bits per heavy atom. The summed E-state index contributed by atoms with van der Waals surface area (Å²) in [6.45, 7) is 1.96. The molecule has 1 aromatic rings. The zero-order valence-electron chi connectivity index (χ0n) is 8.84. The lowest BCUT2D eigenvalue weighted by atomic mass is 9.95. The first-order valence-corrected chi connectivity index (χ1v) is 6.44. The highest BCUT2D eigenvalue weighted by Gasteiger charge is 2.19. The van der Waals surface area contributed by atoms with Crippen LogP contribution in [0.4, 0.5) is 0 Å². The maximum atomic E-state index is 11.9. The van der Waals surface area contributed by atoms with Crippen LogP contribution in [0.15, 0.2) is 18.2 Å². The van der Waals surface area contributed by atoms with Crippen LogP contribution in [0.2, 0.25) is 5.02 Å². The van der Waals surface area contributed by atoms with Crippen molar-refractivity contribution in [3.63, 3.8) is 0 Å². The average Bonchev–Trinajstić information content (AvgIpc) is 2.28. The van der Waals surface area contributed by atoms with Crippen LogP contribution in [0.3, 0.4) is 0 Å². The molecule has 2 nitrogen and oxygen atoms in total. The van der Waals surface area contributed by atoms with Crippen LogP contribution in [0, 0.1) is 20.8 Å². The molecule has 0 bridgehead atoms. The van der Waals surface area contributed by atoms with E-state index in [4.69, 9.17) is 16.9 Å². The van der Waals surface area contributed by atoms with E-state index in [1.54, 1.807) is 18.2 Å². The summed E-state index contributed by atoms with van der Waals surface area (Å²) in [5, 5.41) is 9.46. The molecule has 0 saturated carbocycles. The summed E-state index contributed by atoms with van der Waals surface area (Å²) in [7, 11) is 0. The van der Waals surface area contributed by atoms with E-state index >= 15 is 0 Å². The van der Waals surface area contributed by atoms with E-state index in [1.165, 1.54) is 0 Å². The topological polar surface area (TPSA) is 40.9 Å². The largest absolute Gasteiger partial charge is 0.293 e. The van der Waals surface area contributed by atoms with Crippen molar-refractivity contribution in [3.05, 3.63) is 32.4 Å². The Bertz CT molecular complexity index is 439. The molecule has 0 radical (unpaired) electrons. The van der Waals surface area contributed by atoms with Gasteiger partial charge in [-0.1, -0.05) is 31.0 Å². The van der Waals surface area contributed by atoms with Crippen molar-refractivity contribution >= 4 is 40.0 Å². The van der Waals surface area contributed by atoms with Crippen LogP contribution < -0.4 is 0 Å². The molecule has 0 amide bonds. The Hall–Kier alpha value is -0.600. The third kappa shape index (κ3) is 3.19. The fourth-order valence-corrected chi connectivity index (χ4v) is 1.91. The van der Waals surface area contributed by atoms with E-state index in [2.05, 4.69) is 22.6 Å². The molecule has 1 unspecified atom stereocenters. The molecule has 1 rings (SSSR count). The van der Waals surface area contributed by atoms with Gasteiger partial charge >= 0.3 is 0 Å². The van der Waals surface area contributed by atoms with E-state index in [0.717, 1.165) is 9.99 Å². The molecule has 0 aliphatic carbocycles. The minimum absolute atomic E-state index is 0.136. The van der Waals surface area contributed by atoms with Gasteiger partial charge in [0.05, 0.1) is 11.1 Å². The lowest BCUT2D eigenvalue weighted by Gasteiger charge is -2.07. The summed E-state index contributed by atoms with van der Waals surface area (Å²) >= 11 is 8.04. The van der Waals surface area contributed by atoms with Crippen molar-refractivity contribution in [1.82, 2.24) is 0 Å². The van der Waals surface area contributed by atoms with Gasteiger partial charge in [-0.15, -0.1) is 0 Å². The highest BCUT2D eigenvalue weighted by atomic mass is 127. The second-order valence-corrected chi connectivity index (χ2v) is 5.03. The van der Waals surface area contributed by atoms with E-state index in [9.17, 15) is 4.79 Å². The second-order valence-electron chi connectivity index (χ2n) is 3.46. The Morgan fingerprint density at radius 3 is 2.81 bits per heavy atom. The number of hydrogen-bond donors (Lipinski definition) is 0. The zero-order chi connectivity index (χ0) is 12.1. The highest BCUT2D eigenvalue weighted by Crippen LogP contribution is 2.22. The van der Waals surface area contributed by atoms with Gasteiger partial charge in [0.15, 0.2) is 5.78 Å². The molecule has 0 aliphatic heterocycles. The van der Waals surface area contributed by atoms with E-state index in [0.29, 0.717) is 17.0 Å². The first-order valence-electron chi connectivity index (χ1n) is 4.99. The highest BCUT2D eigenvalue weighted by molar-refractivity contribution is 14.1. The lowest BCUT2D eigenvalue weighted by molar-refractivity contribution is 0.0943. The van der Waals surface area contributed by atoms with E-state index in [-0.39, 0.29) is 5.78 Å². The molecular formula is C12H11ClINO. The maximum Gasteiger partial charge on any atom is 0.180 e. The summed E-state index contributed by atoms with van der Waals surface area (Å²) in [6, 6.07) is 7.18. The average molecular weight is 348 g/mol. The fourth-order valence-electron chi connectivity index (χ4n) is 1.39. The van der Waals surface area contributed by atoms with Crippen molar-refractivity contribution in [1.29, 1.82) is 5.26 Å². The Morgan fingerprint density at radius 1 is 1.62 bits per heavy atom. The van der Waals surface area contributed by atoms with Gasteiger partial charge in [-0.25, -0.2) is 0 Å². The summed E-state index contributed by atoms with van der Waals surface area (Å²) in [5.41, 5.74) is 0.519. The third-order valence-electron chi connectivity index (χ3n) is 2.25. The molecule has 0 fully saturated rings. The minimum Gasteiger partial charge on any atom is -0.293 e. The molecule has 0 spiro atoms. The number of nitrogens with zero attached hydrogens (tertiary/aromatic N) is 1. The standard InChI is InChI=1S/C12H11ClINO/c1-2-3-9(7-15)12(16)8-4-5-11(14)10(13)6-8/h4-6,9H,2-3H2,1H3. The number of halogens is 2. The molecule has 84 valence electrons. The van der Waals surface area contributed by atoms with Gasteiger partial charge in [-0.3, -0.25) is 4.79 Å². The maximum absolute atomic E-state index is 11.9. The SMILES string of the molecule is CCCC(C#N)C(=O)c1ccc(I)c(Cl)c1. The first-order chi connectivity index (χ1) is 7.60. The van der Waals surface area contributed by atoms with Gasteiger partial charge in [0.2, 0.25) is 0 Å². The summed E-state index contributed by atoms with van der Waals surface area (Å²) in [5.74, 6) is -0.691. The Kier molecular flexibility index (Phi) is 5.23. The quantitative estimate of drug-likeness (QED) is 0.608. The lowest BCUT2D eigenvalue weighted by Crippen LogP contribution is -2.12. The van der Waals surface area contributed by atoms with Crippen LogP contribution in [0.1, 0.15) is 30.1 Å². The number of ketones is 1. The van der Waals surface area contributed by atoms with Gasteiger partial charge in [0.25, 0.3) is 0 Å². The number of Topliss-reactive ketones (excluding diaryl/α,β-unsaturated/α-hetero) is 1. The van der Waals surface area contributed by atoms with Crippen LogP contribution in [0.25, 0.3) is 0 Å². The number of rotatable bonds is 4. The Labute approximate surface area is 114 Å². The van der Waals surface area contributed by atoms with Crippen LogP contribution in [-0.4, -0.2) is 5.78 Å². The number of carbonyl (C=O) groups is 1. The summed E-state index contributed by atoms with van der Waals surface area (Å²) in [6.07, 6.45) is 1.42. The molecule has 0 saturated heterocycles. The number of nitriles is 1. The van der Waals surface area contributed by atoms with Crippen LogP contribution in [-0.2, 0) is 0 Å². The molecule has 0 heterocycles. The van der Waals surface area contributed by atoms with Gasteiger partial charge < -0.3 is 0 Å². The normalized spacial score (nSPS) is 11.9. The molecule has 1 atom stereocenters. The second kappa shape index (κ2) is 6.21. The van der Waals surface area contributed by atoms with E-state index in [1.807, 2.05) is 13.0 Å². The summed E-state index contributed by atoms with van der Waals surface area (Å²) < 4.78 is 0.903. The molecule has 16 heavy (non-hydrogen) atoms. The van der Waals surface area contributed by atoms with Crippen molar-refractivity contribution in [3.8, 4) is 6.07 Å². The zero-order valence-corrected chi connectivity index (χ0v) is 11.7. The molecule has 4 heteroatoms. The predicted octanol–water partition coefficient (Wildman–Crippen LogP) is 4.07. The van der Waals surface area contributed by atoms with Gasteiger partial charge in [0, 0.05) is 9.13 Å². The Balaban J connectivity index is 2.96. The molecule has 0 aromatic heterocycles. The molecule has 0 N–H and O–H groups in total. The van der Waals surface area contributed by atoms with Crippen molar-refractivity contribution in [2.75, 3.05) is 0 Å². The van der Waals surface area contributed by atoms with Gasteiger partial charge in [-0.05, 0) is 41.1 Å². The van der Waals surface area contributed by atoms with Gasteiger partial charge in [-0.2, -0.15) is 5.26 Å². The smallest absolute Gasteiger partial charge is 0.180 e. The van der Waals surface area contributed by atoms with Crippen LogP contribution >= 0.6 is 34.2 Å². The third-order valence-corrected chi connectivity index (χ3v) is 3.83. The van der Waals surface area contributed by atoms with Crippen molar-refractivity contribution in [2.24, 2.45) is 5.92 Å². The molecular weight excluding hydrogens is 336 g/mol. The van der Waals surface area contributed by atoms with E-state index < -0.39 is 5.92 Å². The van der Waals surface area contributed by atoms with Crippen molar-refractivity contribution < 1.29 is 4.79 Å². The number of benzene rings is 1. The number of carbonyl (C=O) groups excluding carboxylic acids is 1. The molecule has 0 aliphatic rings. The number of hydrogen-bond acceptors (Lipinski definition) is 2. The minimum atomic E-state index is -0.555. The van der Waals surface area contributed by atoms with Gasteiger partial charge in [0.1, 0.15) is 5.92 Å². The molecule has 1 aromatic carbocycles. The fraction of sp³-hybridized carbons (Fsp3) is 0.333.